The Labute approximate surface area is 119 Å². The number of ether oxygens (including phenoxy) is 1. The van der Waals surface area contributed by atoms with Gasteiger partial charge in [0.2, 0.25) is 0 Å². The minimum atomic E-state index is -0.455. The Kier molecular flexibility index (Phi) is 3.05. The number of hydrogen-bond acceptors (Lipinski definition) is 3. The first kappa shape index (κ1) is 13.5. The maximum absolute atomic E-state index is 12.1. The van der Waals surface area contributed by atoms with Crippen LogP contribution in [0.15, 0.2) is 0 Å². The van der Waals surface area contributed by atoms with Crippen LogP contribution in [-0.4, -0.2) is 21.6 Å². The van der Waals surface area contributed by atoms with E-state index < -0.39 is 5.60 Å². The van der Waals surface area contributed by atoms with Crippen LogP contribution >= 0.6 is 0 Å². The van der Waals surface area contributed by atoms with Crippen LogP contribution in [0.2, 0.25) is 0 Å². The fourth-order valence-corrected chi connectivity index (χ4v) is 2.83. The first-order chi connectivity index (χ1) is 9.39. The Hall–Kier alpha value is -1.49. The maximum atomic E-state index is 12.1. The lowest BCUT2D eigenvalue weighted by Crippen LogP contribution is -2.33. The van der Waals surface area contributed by atoms with Gasteiger partial charge in [0.25, 0.3) is 0 Å². The van der Waals surface area contributed by atoms with Gasteiger partial charge < -0.3 is 15.5 Å². The molecular weight excluding hydrogens is 254 g/mol. The molecular formula is C15H23N3O2. The molecule has 1 amide bonds. The maximum Gasteiger partial charge on any atom is 0.410 e. The normalized spacial score (nSPS) is 18.3. The number of nitrogens with two attached hydrogens (primary N) is 1. The van der Waals surface area contributed by atoms with E-state index in [1.807, 2.05) is 20.8 Å². The number of nitrogens with one attached hydrogen (secondary N) is 1. The Bertz CT molecular complexity index is 538. The van der Waals surface area contributed by atoms with Gasteiger partial charge in [-0.3, -0.25) is 4.90 Å². The molecule has 2 aliphatic rings. The van der Waals surface area contributed by atoms with E-state index in [1.54, 1.807) is 4.90 Å². The molecule has 110 valence electrons. The number of fused-ring (bicyclic) bond motifs is 1. The van der Waals surface area contributed by atoms with E-state index in [9.17, 15) is 4.79 Å². The number of carbonyl (C=O) groups excluding carboxylic acids is 1. The highest BCUT2D eigenvalue weighted by Gasteiger charge is 2.35. The van der Waals surface area contributed by atoms with Crippen LogP contribution in [-0.2, 0) is 24.4 Å². The summed E-state index contributed by atoms with van der Waals surface area (Å²) in [6.07, 6.45) is 2.25. The number of hydrogen-bond donors (Lipinski definition) is 2. The van der Waals surface area contributed by atoms with Crippen molar-refractivity contribution in [3.05, 3.63) is 22.5 Å². The number of nitrogens with zero attached hydrogens (tertiary/aromatic N) is 1. The molecule has 1 saturated carbocycles. The number of H-pyrrole nitrogens is 1. The summed E-state index contributed by atoms with van der Waals surface area (Å²) in [5.41, 5.74) is 10.3. The largest absolute Gasteiger partial charge is 0.444 e. The minimum absolute atomic E-state index is 0.252. The van der Waals surface area contributed by atoms with Crippen molar-refractivity contribution in [2.45, 2.75) is 64.8 Å². The number of carbonyl (C=O) groups is 1. The Morgan fingerprint density at radius 3 is 2.65 bits per heavy atom. The Morgan fingerprint density at radius 2 is 2.10 bits per heavy atom. The molecule has 5 nitrogen and oxygen atoms in total. The first-order valence-corrected chi connectivity index (χ1v) is 7.29. The molecule has 5 heteroatoms. The molecule has 1 aromatic rings. The van der Waals surface area contributed by atoms with Gasteiger partial charge in [0.15, 0.2) is 0 Å². The van der Waals surface area contributed by atoms with Gasteiger partial charge >= 0.3 is 6.09 Å². The topological polar surface area (TPSA) is 71.3 Å². The average Bonchev–Trinajstić information content (AvgIpc) is 2.99. The molecule has 0 aromatic carbocycles. The Morgan fingerprint density at radius 1 is 1.40 bits per heavy atom. The van der Waals surface area contributed by atoms with E-state index in [-0.39, 0.29) is 6.09 Å². The van der Waals surface area contributed by atoms with Crippen molar-refractivity contribution in [2.24, 2.45) is 5.73 Å². The highest BCUT2D eigenvalue weighted by molar-refractivity contribution is 5.69. The molecule has 0 spiro atoms. The van der Waals surface area contributed by atoms with E-state index >= 15 is 0 Å². The van der Waals surface area contributed by atoms with Gasteiger partial charge in [-0.2, -0.15) is 0 Å². The number of rotatable bonds is 2. The highest BCUT2D eigenvalue weighted by atomic mass is 16.6. The van der Waals surface area contributed by atoms with Gasteiger partial charge in [-0.1, -0.05) is 0 Å². The zero-order chi connectivity index (χ0) is 14.5. The molecule has 0 atom stereocenters. The van der Waals surface area contributed by atoms with E-state index in [0.717, 1.165) is 5.69 Å². The number of amides is 1. The summed E-state index contributed by atoms with van der Waals surface area (Å²) in [6, 6.07) is 0. The van der Waals surface area contributed by atoms with Crippen LogP contribution in [0, 0.1) is 0 Å². The fraction of sp³-hybridized carbons (Fsp3) is 0.667. The van der Waals surface area contributed by atoms with Gasteiger partial charge in [-0.15, -0.1) is 0 Å². The molecule has 0 bridgehead atoms. The summed E-state index contributed by atoms with van der Waals surface area (Å²) in [4.78, 5) is 17.3. The SMILES string of the molecule is CC(C)(C)OC(=O)N1Cc2[nH]c(C3CC3)c(CN)c2C1. The van der Waals surface area contributed by atoms with Gasteiger partial charge in [0.05, 0.1) is 13.1 Å². The second-order valence-corrected chi connectivity index (χ2v) is 6.79. The van der Waals surface area contributed by atoms with E-state index in [0.29, 0.717) is 25.6 Å². The first-order valence-electron chi connectivity index (χ1n) is 7.29. The van der Waals surface area contributed by atoms with Crippen molar-refractivity contribution in [1.82, 2.24) is 9.88 Å². The highest BCUT2D eigenvalue weighted by Crippen LogP contribution is 2.43. The second kappa shape index (κ2) is 4.52. The van der Waals surface area contributed by atoms with Gasteiger partial charge in [-0.25, -0.2) is 4.79 Å². The van der Waals surface area contributed by atoms with Crippen LogP contribution in [0.4, 0.5) is 4.79 Å². The summed E-state index contributed by atoms with van der Waals surface area (Å²) < 4.78 is 5.43. The van der Waals surface area contributed by atoms with Crippen molar-refractivity contribution in [3.8, 4) is 0 Å². The summed E-state index contributed by atoms with van der Waals surface area (Å²) in [5, 5.41) is 0. The third kappa shape index (κ3) is 2.42. The molecule has 0 saturated heterocycles. The second-order valence-electron chi connectivity index (χ2n) is 6.79. The standard InChI is InChI=1S/C15H23N3O2/c1-15(2,3)20-14(19)18-7-11-10(6-16)13(9-4-5-9)17-12(11)8-18/h9,17H,4-8,16H2,1-3H3. The van der Waals surface area contributed by atoms with Gasteiger partial charge in [0.1, 0.15) is 5.60 Å². The summed E-state index contributed by atoms with van der Waals surface area (Å²) in [7, 11) is 0. The lowest BCUT2D eigenvalue weighted by atomic mass is 10.1. The predicted molar refractivity (Wildman–Crippen MR) is 76.1 cm³/mol. The molecule has 0 radical (unpaired) electrons. The molecule has 20 heavy (non-hydrogen) atoms. The van der Waals surface area contributed by atoms with Crippen LogP contribution in [0.1, 0.15) is 62.0 Å². The van der Waals surface area contributed by atoms with Crippen molar-refractivity contribution in [2.75, 3.05) is 0 Å². The molecule has 1 aliphatic carbocycles. The zero-order valence-electron chi connectivity index (χ0n) is 12.5. The van der Waals surface area contributed by atoms with Crippen LogP contribution in [0.25, 0.3) is 0 Å². The molecule has 1 aliphatic heterocycles. The summed E-state index contributed by atoms with van der Waals surface area (Å²) in [5.74, 6) is 0.661. The van der Waals surface area contributed by atoms with Crippen molar-refractivity contribution in [1.29, 1.82) is 0 Å². The molecule has 3 N–H and O–H groups in total. The predicted octanol–water partition coefficient (Wildman–Crippen LogP) is 2.60. The van der Waals surface area contributed by atoms with Crippen molar-refractivity contribution >= 4 is 6.09 Å². The minimum Gasteiger partial charge on any atom is -0.444 e. The smallest absolute Gasteiger partial charge is 0.410 e. The molecule has 0 unspecified atom stereocenters. The van der Waals surface area contributed by atoms with Gasteiger partial charge in [0, 0.05) is 17.9 Å². The fourth-order valence-electron chi connectivity index (χ4n) is 2.83. The number of aromatic nitrogens is 1. The van der Waals surface area contributed by atoms with Crippen molar-refractivity contribution in [3.63, 3.8) is 0 Å². The van der Waals surface area contributed by atoms with Crippen LogP contribution < -0.4 is 5.73 Å². The van der Waals surface area contributed by atoms with Gasteiger partial charge in [-0.05, 0) is 50.7 Å². The third-order valence-electron chi connectivity index (χ3n) is 3.88. The average molecular weight is 277 g/mol. The zero-order valence-corrected chi connectivity index (χ0v) is 12.5. The molecule has 3 rings (SSSR count). The van der Waals surface area contributed by atoms with E-state index in [1.165, 1.54) is 29.7 Å². The molecule has 1 fully saturated rings. The van der Waals surface area contributed by atoms with Crippen LogP contribution in [0.5, 0.6) is 0 Å². The lowest BCUT2D eigenvalue weighted by Gasteiger charge is -2.24. The van der Waals surface area contributed by atoms with E-state index in [4.69, 9.17) is 10.5 Å². The summed E-state index contributed by atoms with van der Waals surface area (Å²) in [6.45, 7) is 7.41. The Balaban J connectivity index is 1.76. The third-order valence-corrected chi connectivity index (χ3v) is 3.88. The van der Waals surface area contributed by atoms with Crippen molar-refractivity contribution < 1.29 is 9.53 Å². The summed E-state index contributed by atoms with van der Waals surface area (Å²) >= 11 is 0. The number of aromatic amines is 1. The lowest BCUT2D eigenvalue weighted by molar-refractivity contribution is 0.0240. The van der Waals surface area contributed by atoms with Crippen LogP contribution in [0.3, 0.4) is 0 Å². The monoisotopic (exact) mass is 277 g/mol. The molecule has 1 aromatic heterocycles. The quantitative estimate of drug-likeness (QED) is 0.872. The molecule has 2 heterocycles. The van der Waals surface area contributed by atoms with E-state index in [2.05, 4.69) is 4.98 Å².